The summed E-state index contributed by atoms with van der Waals surface area (Å²) >= 11 is 0. The van der Waals surface area contributed by atoms with E-state index in [1.165, 1.54) is 0 Å². The van der Waals surface area contributed by atoms with E-state index in [1.54, 1.807) is 0 Å². The van der Waals surface area contributed by atoms with Crippen LogP contribution in [0.15, 0.2) is 0 Å². The van der Waals surface area contributed by atoms with Gasteiger partial charge in [-0.2, -0.15) is 0 Å². The Balaban J connectivity index is 4.02. The van der Waals surface area contributed by atoms with Gasteiger partial charge in [0.25, 0.3) is 0 Å². The second-order valence-corrected chi connectivity index (χ2v) is 4.51. The summed E-state index contributed by atoms with van der Waals surface area (Å²) in [5.41, 5.74) is 5.68. The molecule has 1 unspecified atom stereocenters. The minimum atomic E-state index is -0.271. The van der Waals surface area contributed by atoms with E-state index in [0.29, 0.717) is 0 Å². The third kappa shape index (κ3) is 3.72. The van der Waals surface area contributed by atoms with Crippen LogP contribution in [0.2, 0.25) is 0 Å². The van der Waals surface area contributed by atoms with Crippen LogP contribution < -0.4 is 11.1 Å². The summed E-state index contributed by atoms with van der Waals surface area (Å²) in [7, 11) is 0. The lowest BCUT2D eigenvalue weighted by atomic mass is 9.92. The number of nitrogens with one attached hydrogen (secondary N) is 1. The van der Waals surface area contributed by atoms with Gasteiger partial charge >= 0.3 is 0 Å². The Kier molecular flexibility index (Phi) is 3.71. The molecule has 1 amide bonds. The zero-order valence-corrected chi connectivity index (χ0v) is 8.64. The first-order valence-corrected chi connectivity index (χ1v) is 4.31. The van der Waals surface area contributed by atoms with Gasteiger partial charge in [0.05, 0.1) is 6.17 Å². The fourth-order valence-electron chi connectivity index (χ4n) is 0.536. The second kappa shape index (κ2) is 3.90. The molecule has 72 valence electrons. The van der Waals surface area contributed by atoms with Crippen molar-refractivity contribution in [3.8, 4) is 0 Å². The van der Waals surface area contributed by atoms with Crippen molar-refractivity contribution in [3.63, 3.8) is 0 Å². The van der Waals surface area contributed by atoms with E-state index < -0.39 is 0 Å². The molecule has 0 fully saturated rings. The first kappa shape index (κ1) is 11.4. The normalized spacial score (nSPS) is 14.6. The van der Waals surface area contributed by atoms with Crippen LogP contribution in [0.25, 0.3) is 0 Å². The minimum absolute atomic E-state index is 0.00148. The fraction of sp³-hybridized carbons (Fsp3) is 0.889. The molecular formula is C9H20N2O. The monoisotopic (exact) mass is 172 g/mol. The van der Waals surface area contributed by atoms with Gasteiger partial charge in [0.2, 0.25) is 5.91 Å². The van der Waals surface area contributed by atoms with Crippen molar-refractivity contribution in [3.05, 3.63) is 0 Å². The van der Waals surface area contributed by atoms with Gasteiger partial charge in [-0.3, -0.25) is 4.79 Å². The Morgan fingerprint density at radius 3 is 2.00 bits per heavy atom. The predicted octanol–water partition coefficient (Wildman–Crippen LogP) is 1.09. The van der Waals surface area contributed by atoms with Crippen LogP contribution in [0.4, 0.5) is 0 Å². The standard InChI is InChI=1S/C9H20N2O/c1-6(2)7(12)11-8(10)9(3,4)5/h6,8H,10H2,1-5H3,(H,11,12). The summed E-state index contributed by atoms with van der Waals surface area (Å²) < 4.78 is 0. The van der Waals surface area contributed by atoms with Crippen molar-refractivity contribution in [1.82, 2.24) is 5.32 Å². The van der Waals surface area contributed by atoms with Crippen molar-refractivity contribution in [2.45, 2.75) is 40.8 Å². The molecule has 0 aliphatic heterocycles. The van der Waals surface area contributed by atoms with Crippen molar-refractivity contribution < 1.29 is 4.79 Å². The first-order valence-electron chi connectivity index (χ1n) is 4.31. The van der Waals surface area contributed by atoms with Gasteiger partial charge in [-0.1, -0.05) is 34.6 Å². The summed E-state index contributed by atoms with van der Waals surface area (Å²) in [6.45, 7) is 9.70. The van der Waals surface area contributed by atoms with E-state index in [4.69, 9.17) is 5.73 Å². The van der Waals surface area contributed by atoms with Crippen molar-refractivity contribution in [2.24, 2.45) is 17.1 Å². The Morgan fingerprint density at radius 1 is 1.33 bits per heavy atom. The number of hydrogen-bond acceptors (Lipinski definition) is 2. The molecule has 0 bridgehead atoms. The molecule has 0 aromatic carbocycles. The maximum absolute atomic E-state index is 11.2. The molecule has 0 aromatic heterocycles. The summed E-state index contributed by atoms with van der Waals surface area (Å²) in [5.74, 6) is 0.0100. The average molecular weight is 172 g/mol. The highest BCUT2D eigenvalue weighted by Gasteiger charge is 2.22. The molecule has 0 saturated carbocycles. The van der Waals surface area contributed by atoms with E-state index in [2.05, 4.69) is 5.32 Å². The van der Waals surface area contributed by atoms with Crippen LogP contribution in [0.3, 0.4) is 0 Å². The Bertz CT molecular complexity index is 158. The Morgan fingerprint density at radius 2 is 1.75 bits per heavy atom. The SMILES string of the molecule is CC(C)C(=O)NC(N)C(C)(C)C. The molecule has 3 N–H and O–H groups in total. The molecular weight excluding hydrogens is 152 g/mol. The quantitative estimate of drug-likeness (QED) is 0.613. The topological polar surface area (TPSA) is 55.1 Å². The predicted molar refractivity (Wildman–Crippen MR) is 50.4 cm³/mol. The highest BCUT2D eigenvalue weighted by molar-refractivity contribution is 5.78. The maximum Gasteiger partial charge on any atom is 0.223 e. The Labute approximate surface area is 74.7 Å². The molecule has 3 nitrogen and oxygen atoms in total. The molecule has 0 aliphatic rings. The number of amides is 1. The molecule has 0 saturated heterocycles. The number of nitrogens with two attached hydrogens (primary N) is 1. The number of carbonyl (C=O) groups is 1. The van der Waals surface area contributed by atoms with Crippen LogP contribution in [-0.2, 0) is 4.79 Å². The van der Waals surface area contributed by atoms with Crippen LogP contribution in [0, 0.1) is 11.3 Å². The summed E-state index contributed by atoms with van der Waals surface area (Å²) in [5, 5.41) is 2.76. The van der Waals surface area contributed by atoms with Crippen molar-refractivity contribution in [2.75, 3.05) is 0 Å². The van der Waals surface area contributed by atoms with Gasteiger partial charge in [0.1, 0.15) is 0 Å². The van der Waals surface area contributed by atoms with Crippen LogP contribution in [0.5, 0.6) is 0 Å². The van der Waals surface area contributed by atoms with Gasteiger partial charge in [-0.05, 0) is 5.41 Å². The van der Waals surface area contributed by atoms with Gasteiger partial charge in [0, 0.05) is 5.92 Å². The van der Waals surface area contributed by atoms with Gasteiger partial charge in [-0.25, -0.2) is 0 Å². The van der Waals surface area contributed by atoms with Gasteiger partial charge < -0.3 is 11.1 Å². The Hall–Kier alpha value is -0.570. The molecule has 3 heteroatoms. The molecule has 0 rings (SSSR count). The van der Waals surface area contributed by atoms with E-state index in [9.17, 15) is 4.79 Å². The summed E-state index contributed by atoms with van der Waals surface area (Å²) in [6, 6.07) is 0. The highest BCUT2D eigenvalue weighted by Crippen LogP contribution is 2.15. The van der Waals surface area contributed by atoms with E-state index in [-0.39, 0.29) is 23.4 Å². The van der Waals surface area contributed by atoms with E-state index in [1.807, 2.05) is 34.6 Å². The molecule has 0 radical (unpaired) electrons. The summed E-state index contributed by atoms with van der Waals surface area (Å²) in [6.07, 6.45) is -0.271. The van der Waals surface area contributed by atoms with E-state index >= 15 is 0 Å². The number of hydrogen-bond donors (Lipinski definition) is 2. The second-order valence-electron chi connectivity index (χ2n) is 4.51. The van der Waals surface area contributed by atoms with Crippen LogP contribution in [0.1, 0.15) is 34.6 Å². The van der Waals surface area contributed by atoms with Gasteiger partial charge in [0.15, 0.2) is 0 Å². The maximum atomic E-state index is 11.2. The molecule has 0 aromatic rings. The third-order valence-electron chi connectivity index (χ3n) is 1.76. The third-order valence-corrected chi connectivity index (χ3v) is 1.76. The van der Waals surface area contributed by atoms with Gasteiger partial charge in [-0.15, -0.1) is 0 Å². The molecule has 0 spiro atoms. The van der Waals surface area contributed by atoms with Crippen LogP contribution >= 0.6 is 0 Å². The molecule has 0 aliphatic carbocycles. The zero-order chi connectivity index (χ0) is 9.94. The first-order chi connectivity index (χ1) is 5.25. The number of carbonyl (C=O) groups excluding carboxylic acids is 1. The lowest BCUT2D eigenvalue weighted by Crippen LogP contribution is -2.51. The van der Waals surface area contributed by atoms with E-state index in [0.717, 1.165) is 0 Å². The fourth-order valence-corrected chi connectivity index (χ4v) is 0.536. The minimum Gasteiger partial charge on any atom is -0.340 e. The van der Waals surface area contributed by atoms with Crippen LogP contribution in [-0.4, -0.2) is 12.1 Å². The molecule has 1 atom stereocenters. The lowest BCUT2D eigenvalue weighted by Gasteiger charge is -2.28. The smallest absolute Gasteiger partial charge is 0.223 e. The zero-order valence-electron chi connectivity index (χ0n) is 8.64. The van der Waals surface area contributed by atoms with Crippen molar-refractivity contribution >= 4 is 5.91 Å². The number of rotatable bonds is 2. The molecule has 0 heterocycles. The highest BCUT2D eigenvalue weighted by atomic mass is 16.2. The lowest BCUT2D eigenvalue weighted by molar-refractivity contribution is -0.125. The molecule has 12 heavy (non-hydrogen) atoms. The average Bonchev–Trinajstić information content (AvgIpc) is 1.85. The largest absolute Gasteiger partial charge is 0.340 e. The van der Waals surface area contributed by atoms with Crippen molar-refractivity contribution in [1.29, 1.82) is 0 Å². The summed E-state index contributed by atoms with van der Waals surface area (Å²) in [4.78, 5) is 11.2.